The van der Waals surface area contributed by atoms with Gasteiger partial charge in [-0.3, -0.25) is 14.2 Å². The molecule has 0 saturated heterocycles. The van der Waals surface area contributed by atoms with Crippen LogP contribution in [0.25, 0.3) is 11.0 Å². The Labute approximate surface area is 132 Å². The molecule has 0 aliphatic heterocycles. The Morgan fingerprint density at radius 1 is 1.39 bits per heavy atom. The molecule has 0 saturated carbocycles. The first kappa shape index (κ1) is 15.2. The highest BCUT2D eigenvalue weighted by Crippen LogP contribution is 2.17. The molecule has 1 N–H and O–H groups in total. The van der Waals surface area contributed by atoms with Crippen molar-refractivity contribution < 1.29 is 9.18 Å². The number of benzene rings is 1. The van der Waals surface area contributed by atoms with Gasteiger partial charge in [0.1, 0.15) is 22.9 Å². The van der Waals surface area contributed by atoms with Crippen LogP contribution >= 0.6 is 0 Å². The molecule has 0 aliphatic carbocycles. The Morgan fingerprint density at radius 3 is 2.87 bits per heavy atom. The fourth-order valence-corrected chi connectivity index (χ4v) is 2.51. The summed E-state index contributed by atoms with van der Waals surface area (Å²) in [5.74, 6) is -0.487. The molecule has 3 rings (SSSR count). The van der Waals surface area contributed by atoms with E-state index in [1.807, 2.05) is 20.2 Å². The normalized spacial score (nSPS) is 12.5. The first-order valence-electron chi connectivity index (χ1n) is 7.36. The van der Waals surface area contributed by atoms with Gasteiger partial charge in [-0.2, -0.15) is 10.2 Å². The van der Waals surface area contributed by atoms with E-state index in [0.29, 0.717) is 0 Å². The predicted molar refractivity (Wildman–Crippen MR) is 84.2 cm³/mol. The average Bonchev–Trinajstić information content (AvgIpc) is 3.06. The van der Waals surface area contributed by atoms with Crippen LogP contribution in [-0.2, 0) is 18.4 Å². The van der Waals surface area contributed by atoms with Crippen molar-refractivity contribution >= 4 is 16.9 Å². The molecule has 0 radical (unpaired) electrons. The molecular formula is C16H18FN5O. The SMILES string of the molecule is Cc1nn(C)c2cn(C(C)C(=O)NCc3cccc(F)c3)nc12. The van der Waals surface area contributed by atoms with Crippen LogP contribution in [0.5, 0.6) is 0 Å². The summed E-state index contributed by atoms with van der Waals surface area (Å²) < 4.78 is 16.5. The van der Waals surface area contributed by atoms with Crippen LogP contribution < -0.4 is 5.32 Å². The molecule has 0 fully saturated rings. The van der Waals surface area contributed by atoms with Crippen molar-refractivity contribution in [2.75, 3.05) is 0 Å². The molecule has 1 unspecified atom stereocenters. The van der Waals surface area contributed by atoms with Gasteiger partial charge in [-0.15, -0.1) is 0 Å². The number of hydrogen-bond donors (Lipinski definition) is 1. The number of nitrogens with one attached hydrogen (secondary N) is 1. The van der Waals surface area contributed by atoms with Gasteiger partial charge in [-0.1, -0.05) is 12.1 Å². The molecule has 0 aliphatic rings. The highest BCUT2D eigenvalue weighted by molar-refractivity contribution is 5.81. The number of halogens is 1. The van der Waals surface area contributed by atoms with Crippen molar-refractivity contribution in [3.05, 3.63) is 47.5 Å². The van der Waals surface area contributed by atoms with E-state index in [1.54, 1.807) is 28.4 Å². The number of carbonyl (C=O) groups excluding carboxylic acids is 1. The molecule has 7 heteroatoms. The Balaban J connectivity index is 1.72. The van der Waals surface area contributed by atoms with Crippen LogP contribution in [0.3, 0.4) is 0 Å². The van der Waals surface area contributed by atoms with Crippen molar-refractivity contribution in [3.8, 4) is 0 Å². The summed E-state index contributed by atoms with van der Waals surface area (Å²) in [6.07, 6.45) is 1.81. The number of aryl methyl sites for hydroxylation is 2. The van der Waals surface area contributed by atoms with E-state index in [0.717, 1.165) is 22.3 Å². The highest BCUT2D eigenvalue weighted by atomic mass is 19.1. The monoisotopic (exact) mass is 315 g/mol. The summed E-state index contributed by atoms with van der Waals surface area (Å²) in [6, 6.07) is 5.71. The zero-order valence-corrected chi connectivity index (χ0v) is 13.2. The van der Waals surface area contributed by atoms with Crippen molar-refractivity contribution in [1.82, 2.24) is 24.9 Å². The second kappa shape index (κ2) is 5.83. The van der Waals surface area contributed by atoms with E-state index >= 15 is 0 Å². The first-order chi connectivity index (χ1) is 11.0. The van der Waals surface area contributed by atoms with E-state index in [-0.39, 0.29) is 18.3 Å². The number of hydrogen-bond acceptors (Lipinski definition) is 3. The third-order valence-electron chi connectivity index (χ3n) is 3.84. The average molecular weight is 315 g/mol. The minimum Gasteiger partial charge on any atom is -0.350 e. The van der Waals surface area contributed by atoms with E-state index in [9.17, 15) is 9.18 Å². The lowest BCUT2D eigenvalue weighted by Gasteiger charge is -2.12. The Bertz CT molecular complexity index is 832. The molecule has 2 heterocycles. The smallest absolute Gasteiger partial charge is 0.244 e. The summed E-state index contributed by atoms with van der Waals surface area (Å²) in [5.41, 5.74) is 3.22. The van der Waals surface area contributed by atoms with Gasteiger partial charge in [0, 0.05) is 13.6 Å². The molecule has 6 nitrogen and oxygen atoms in total. The number of fused-ring (bicyclic) bond motifs is 1. The van der Waals surface area contributed by atoms with Crippen LogP contribution in [0.2, 0.25) is 0 Å². The summed E-state index contributed by atoms with van der Waals surface area (Å²) in [6.45, 7) is 3.94. The number of rotatable bonds is 4. The Hall–Kier alpha value is -2.70. The Kier molecular flexibility index (Phi) is 3.85. The molecule has 0 bridgehead atoms. The molecular weight excluding hydrogens is 297 g/mol. The summed E-state index contributed by atoms with van der Waals surface area (Å²) in [5, 5.41) is 11.5. The number of amides is 1. The topological polar surface area (TPSA) is 64.7 Å². The van der Waals surface area contributed by atoms with E-state index in [1.165, 1.54) is 12.1 Å². The molecule has 1 aromatic carbocycles. The minimum absolute atomic E-state index is 0.173. The van der Waals surface area contributed by atoms with E-state index in [2.05, 4.69) is 15.5 Å². The van der Waals surface area contributed by atoms with Crippen LogP contribution in [0, 0.1) is 12.7 Å². The zero-order chi connectivity index (χ0) is 16.6. The first-order valence-corrected chi connectivity index (χ1v) is 7.36. The van der Waals surface area contributed by atoms with Gasteiger partial charge < -0.3 is 5.32 Å². The molecule has 2 aromatic heterocycles. The van der Waals surface area contributed by atoms with Gasteiger partial charge in [-0.25, -0.2) is 4.39 Å². The van der Waals surface area contributed by atoms with Gasteiger partial charge in [0.25, 0.3) is 0 Å². The van der Waals surface area contributed by atoms with Gasteiger partial charge in [0.15, 0.2) is 0 Å². The van der Waals surface area contributed by atoms with E-state index < -0.39 is 6.04 Å². The summed E-state index contributed by atoms with van der Waals surface area (Å²) >= 11 is 0. The number of nitrogens with zero attached hydrogens (tertiary/aromatic N) is 4. The van der Waals surface area contributed by atoms with Crippen molar-refractivity contribution in [1.29, 1.82) is 0 Å². The number of aromatic nitrogens is 4. The lowest BCUT2D eigenvalue weighted by atomic mass is 10.2. The molecule has 1 atom stereocenters. The lowest BCUT2D eigenvalue weighted by molar-refractivity contribution is -0.124. The van der Waals surface area contributed by atoms with Gasteiger partial charge >= 0.3 is 0 Å². The standard InChI is InChI=1S/C16H18FN5O/c1-10-15-14(21(3)19-10)9-22(20-15)11(2)16(23)18-8-12-5-4-6-13(17)7-12/h4-7,9,11H,8H2,1-3H3,(H,18,23). The quantitative estimate of drug-likeness (QED) is 0.802. The van der Waals surface area contributed by atoms with Crippen LogP contribution in [0.1, 0.15) is 24.2 Å². The van der Waals surface area contributed by atoms with Gasteiger partial charge in [0.05, 0.1) is 11.9 Å². The largest absolute Gasteiger partial charge is 0.350 e. The second-order valence-corrected chi connectivity index (χ2v) is 5.58. The maximum absolute atomic E-state index is 13.1. The fraction of sp³-hybridized carbons (Fsp3) is 0.312. The molecule has 23 heavy (non-hydrogen) atoms. The summed E-state index contributed by atoms with van der Waals surface area (Å²) in [4.78, 5) is 12.3. The summed E-state index contributed by atoms with van der Waals surface area (Å²) in [7, 11) is 1.84. The van der Waals surface area contributed by atoms with Crippen LogP contribution in [0.15, 0.2) is 30.5 Å². The Morgan fingerprint density at radius 2 is 2.17 bits per heavy atom. The molecule has 1 amide bonds. The third kappa shape index (κ3) is 2.94. The molecule has 0 spiro atoms. The maximum Gasteiger partial charge on any atom is 0.244 e. The van der Waals surface area contributed by atoms with Gasteiger partial charge in [-0.05, 0) is 31.5 Å². The van der Waals surface area contributed by atoms with Crippen molar-refractivity contribution in [2.45, 2.75) is 26.4 Å². The second-order valence-electron chi connectivity index (χ2n) is 5.58. The lowest BCUT2D eigenvalue weighted by Crippen LogP contribution is -2.30. The van der Waals surface area contributed by atoms with Crippen molar-refractivity contribution in [2.24, 2.45) is 7.05 Å². The van der Waals surface area contributed by atoms with Crippen LogP contribution in [0.4, 0.5) is 4.39 Å². The molecule has 120 valence electrons. The minimum atomic E-state index is -0.463. The van der Waals surface area contributed by atoms with Gasteiger partial charge in [0.2, 0.25) is 5.91 Å². The predicted octanol–water partition coefficient (Wildman–Crippen LogP) is 2.09. The maximum atomic E-state index is 13.1. The zero-order valence-electron chi connectivity index (χ0n) is 13.2. The van der Waals surface area contributed by atoms with Crippen molar-refractivity contribution in [3.63, 3.8) is 0 Å². The number of carbonyl (C=O) groups is 1. The molecule has 3 aromatic rings. The third-order valence-corrected chi connectivity index (χ3v) is 3.84. The fourth-order valence-electron chi connectivity index (χ4n) is 2.51. The van der Waals surface area contributed by atoms with E-state index in [4.69, 9.17) is 0 Å². The van der Waals surface area contributed by atoms with Crippen LogP contribution in [-0.4, -0.2) is 25.5 Å². The highest BCUT2D eigenvalue weighted by Gasteiger charge is 2.18.